The zero-order valence-electron chi connectivity index (χ0n) is 12.4. The van der Waals surface area contributed by atoms with Gasteiger partial charge in [0.15, 0.2) is 0 Å². The molecule has 5 nitrogen and oxygen atoms in total. The van der Waals surface area contributed by atoms with Crippen molar-refractivity contribution in [1.29, 1.82) is 0 Å². The molecule has 0 saturated heterocycles. The molecule has 20 heavy (non-hydrogen) atoms. The molecule has 3 N–H and O–H groups in total. The summed E-state index contributed by atoms with van der Waals surface area (Å²) in [5.74, 6) is 0.531. The maximum atomic E-state index is 11.7. The van der Waals surface area contributed by atoms with Crippen LogP contribution in [0.2, 0.25) is 0 Å². The lowest BCUT2D eigenvalue weighted by Gasteiger charge is -2.20. The van der Waals surface area contributed by atoms with E-state index in [-0.39, 0.29) is 0 Å². The second kappa shape index (κ2) is 6.43. The van der Waals surface area contributed by atoms with Crippen molar-refractivity contribution in [3.63, 3.8) is 0 Å². The van der Waals surface area contributed by atoms with Crippen LogP contribution in [0, 0.1) is 0 Å². The molecular weight excluding hydrogens is 256 g/mol. The molecule has 0 spiro atoms. The van der Waals surface area contributed by atoms with Gasteiger partial charge in [0.2, 0.25) is 0 Å². The van der Waals surface area contributed by atoms with E-state index in [0.29, 0.717) is 18.0 Å². The molecule has 1 rings (SSSR count). The fourth-order valence-electron chi connectivity index (χ4n) is 1.55. The summed E-state index contributed by atoms with van der Waals surface area (Å²) in [6.07, 6.45) is -0.527. The molecule has 0 radical (unpaired) electrons. The molecule has 0 aromatic heterocycles. The Morgan fingerprint density at radius 1 is 1.40 bits per heavy atom. The van der Waals surface area contributed by atoms with Gasteiger partial charge in [-0.3, -0.25) is 5.32 Å². The van der Waals surface area contributed by atoms with Crippen molar-refractivity contribution in [3.8, 4) is 5.75 Å². The SMILES string of the molecule is C=C(CN)c1ccc(NC(=O)OC(C)(C)C)c(OC)c1. The van der Waals surface area contributed by atoms with E-state index in [4.69, 9.17) is 15.2 Å². The Morgan fingerprint density at radius 3 is 2.55 bits per heavy atom. The van der Waals surface area contributed by atoms with Crippen LogP contribution in [0.3, 0.4) is 0 Å². The van der Waals surface area contributed by atoms with Crippen LogP contribution >= 0.6 is 0 Å². The smallest absolute Gasteiger partial charge is 0.412 e. The number of benzene rings is 1. The third kappa shape index (κ3) is 4.59. The van der Waals surface area contributed by atoms with Crippen LogP contribution in [0.15, 0.2) is 24.8 Å². The van der Waals surface area contributed by atoms with E-state index in [0.717, 1.165) is 11.1 Å². The molecule has 0 aliphatic carbocycles. The number of rotatable bonds is 4. The van der Waals surface area contributed by atoms with Crippen LogP contribution in [-0.2, 0) is 4.74 Å². The molecule has 1 aromatic rings. The Balaban J connectivity index is 2.91. The number of carbonyl (C=O) groups excluding carboxylic acids is 1. The molecule has 0 heterocycles. The number of hydrogen-bond acceptors (Lipinski definition) is 4. The van der Waals surface area contributed by atoms with Crippen molar-refractivity contribution in [2.24, 2.45) is 5.73 Å². The third-order valence-corrected chi connectivity index (χ3v) is 2.49. The van der Waals surface area contributed by atoms with Gasteiger partial charge in [-0.05, 0) is 44.0 Å². The van der Waals surface area contributed by atoms with Crippen molar-refractivity contribution < 1.29 is 14.3 Å². The number of anilines is 1. The molecule has 0 atom stereocenters. The number of nitrogens with one attached hydrogen (secondary N) is 1. The molecule has 0 aliphatic rings. The lowest BCUT2D eigenvalue weighted by Crippen LogP contribution is -2.27. The van der Waals surface area contributed by atoms with Gasteiger partial charge < -0.3 is 15.2 Å². The zero-order chi connectivity index (χ0) is 15.3. The molecule has 5 heteroatoms. The minimum absolute atomic E-state index is 0.363. The Labute approximate surface area is 119 Å². The minimum Gasteiger partial charge on any atom is -0.495 e. The maximum absolute atomic E-state index is 11.7. The summed E-state index contributed by atoms with van der Waals surface area (Å²) in [6, 6.07) is 5.34. The van der Waals surface area contributed by atoms with Gasteiger partial charge in [-0.15, -0.1) is 0 Å². The van der Waals surface area contributed by atoms with Crippen LogP contribution in [0.4, 0.5) is 10.5 Å². The highest BCUT2D eigenvalue weighted by molar-refractivity contribution is 5.87. The van der Waals surface area contributed by atoms with E-state index in [2.05, 4.69) is 11.9 Å². The second-order valence-corrected chi connectivity index (χ2v) is 5.35. The standard InChI is InChI=1S/C15H22N2O3/c1-10(9-16)11-6-7-12(13(8-11)19-5)17-14(18)20-15(2,3)4/h6-8H,1,9,16H2,2-5H3,(H,17,18). The topological polar surface area (TPSA) is 73.6 Å². The van der Waals surface area contributed by atoms with E-state index in [9.17, 15) is 4.79 Å². The molecule has 110 valence electrons. The molecule has 1 aromatic carbocycles. The Bertz CT molecular complexity index is 504. The number of ether oxygens (including phenoxy) is 2. The highest BCUT2D eigenvalue weighted by Gasteiger charge is 2.17. The summed E-state index contributed by atoms with van der Waals surface area (Å²) in [4.78, 5) is 11.7. The molecule has 0 bridgehead atoms. The highest BCUT2D eigenvalue weighted by atomic mass is 16.6. The zero-order valence-corrected chi connectivity index (χ0v) is 12.4. The highest BCUT2D eigenvalue weighted by Crippen LogP contribution is 2.28. The first kappa shape index (κ1) is 16.0. The van der Waals surface area contributed by atoms with Crippen molar-refractivity contribution in [2.45, 2.75) is 26.4 Å². The van der Waals surface area contributed by atoms with Crippen molar-refractivity contribution >= 4 is 17.4 Å². The number of amides is 1. The van der Waals surface area contributed by atoms with Gasteiger partial charge in [0.25, 0.3) is 0 Å². The Hall–Kier alpha value is -2.01. The fraction of sp³-hybridized carbons (Fsp3) is 0.400. The van der Waals surface area contributed by atoms with E-state index >= 15 is 0 Å². The van der Waals surface area contributed by atoms with Gasteiger partial charge in [0.1, 0.15) is 11.4 Å². The summed E-state index contributed by atoms with van der Waals surface area (Å²) in [5, 5.41) is 2.66. The Morgan fingerprint density at radius 2 is 2.05 bits per heavy atom. The van der Waals surface area contributed by atoms with Gasteiger partial charge in [0, 0.05) is 6.54 Å². The largest absolute Gasteiger partial charge is 0.495 e. The summed E-state index contributed by atoms with van der Waals surface area (Å²) in [5.41, 5.74) is 7.21. The van der Waals surface area contributed by atoms with E-state index in [1.54, 1.807) is 32.9 Å². The monoisotopic (exact) mass is 278 g/mol. The lowest BCUT2D eigenvalue weighted by molar-refractivity contribution is 0.0635. The molecular formula is C15H22N2O3. The molecule has 0 aliphatic heterocycles. The summed E-state index contributed by atoms with van der Waals surface area (Å²) >= 11 is 0. The normalized spacial score (nSPS) is 10.8. The predicted molar refractivity (Wildman–Crippen MR) is 80.9 cm³/mol. The van der Waals surface area contributed by atoms with E-state index in [1.165, 1.54) is 7.11 Å². The number of methoxy groups -OCH3 is 1. The van der Waals surface area contributed by atoms with Gasteiger partial charge in [0.05, 0.1) is 12.8 Å². The minimum atomic E-state index is -0.551. The van der Waals surface area contributed by atoms with Crippen LogP contribution in [0.1, 0.15) is 26.3 Å². The van der Waals surface area contributed by atoms with Gasteiger partial charge >= 0.3 is 6.09 Å². The van der Waals surface area contributed by atoms with Gasteiger partial charge in [-0.25, -0.2) is 4.79 Å². The second-order valence-electron chi connectivity index (χ2n) is 5.35. The Kier molecular flexibility index (Phi) is 5.16. The first-order valence-electron chi connectivity index (χ1n) is 6.33. The molecule has 0 unspecified atom stereocenters. The average molecular weight is 278 g/mol. The van der Waals surface area contributed by atoms with Crippen molar-refractivity contribution in [1.82, 2.24) is 0 Å². The molecule has 1 amide bonds. The van der Waals surface area contributed by atoms with Crippen LogP contribution in [0.25, 0.3) is 5.57 Å². The summed E-state index contributed by atoms with van der Waals surface area (Å²) in [6.45, 7) is 9.64. The fourth-order valence-corrected chi connectivity index (χ4v) is 1.55. The number of carbonyl (C=O) groups is 1. The van der Waals surface area contributed by atoms with E-state index < -0.39 is 11.7 Å². The first-order valence-corrected chi connectivity index (χ1v) is 6.33. The quantitative estimate of drug-likeness (QED) is 0.888. The average Bonchev–Trinajstić information content (AvgIpc) is 2.36. The number of nitrogens with two attached hydrogens (primary N) is 1. The first-order chi connectivity index (χ1) is 9.26. The summed E-state index contributed by atoms with van der Waals surface area (Å²) in [7, 11) is 1.53. The van der Waals surface area contributed by atoms with Crippen LogP contribution in [0.5, 0.6) is 5.75 Å². The number of hydrogen-bond donors (Lipinski definition) is 2. The van der Waals surface area contributed by atoms with Crippen molar-refractivity contribution in [3.05, 3.63) is 30.3 Å². The molecule has 0 fully saturated rings. The molecule has 0 saturated carbocycles. The lowest BCUT2D eigenvalue weighted by atomic mass is 10.1. The summed E-state index contributed by atoms with van der Waals surface area (Å²) < 4.78 is 10.5. The van der Waals surface area contributed by atoms with Crippen LogP contribution in [-0.4, -0.2) is 25.3 Å². The predicted octanol–water partition coefficient (Wildman–Crippen LogP) is 3.01. The van der Waals surface area contributed by atoms with Gasteiger partial charge in [-0.2, -0.15) is 0 Å². The third-order valence-electron chi connectivity index (χ3n) is 2.49. The van der Waals surface area contributed by atoms with Gasteiger partial charge in [-0.1, -0.05) is 12.6 Å². The van der Waals surface area contributed by atoms with E-state index in [1.807, 2.05) is 6.07 Å². The van der Waals surface area contributed by atoms with Crippen molar-refractivity contribution in [2.75, 3.05) is 19.0 Å². The van der Waals surface area contributed by atoms with Crippen LogP contribution < -0.4 is 15.8 Å². The maximum Gasteiger partial charge on any atom is 0.412 e.